The van der Waals surface area contributed by atoms with Gasteiger partial charge in [0.25, 0.3) is 0 Å². The summed E-state index contributed by atoms with van der Waals surface area (Å²) in [5, 5.41) is 0. The predicted molar refractivity (Wildman–Crippen MR) is 54.9 cm³/mol. The zero-order valence-electron chi connectivity index (χ0n) is 8.53. The van der Waals surface area contributed by atoms with Crippen LogP contribution in [0.4, 0.5) is 0 Å². The molecule has 1 heterocycles. The molecule has 0 fully saturated rings. The molecule has 1 atom stereocenters. The molecule has 0 aliphatic rings. The van der Waals surface area contributed by atoms with Gasteiger partial charge in [0, 0.05) is 12.5 Å². The van der Waals surface area contributed by atoms with Crippen LogP contribution < -0.4 is 5.73 Å². The lowest BCUT2D eigenvalue weighted by molar-refractivity contribution is -0.119. The minimum Gasteiger partial charge on any atom is -0.469 e. The van der Waals surface area contributed by atoms with Crippen molar-refractivity contribution in [1.82, 2.24) is 0 Å². The molecule has 0 bridgehead atoms. The first-order valence-corrected chi connectivity index (χ1v) is 5.02. The van der Waals surface area contributed by atoms with E-state index in [1.165, 1.54) is 0 Å². The van der Waals surface area contributed by atoms with Crippen LogP contribution in [0.2, 0.25) is 0 Å². The first-order valence-electron chi connectivity index (χ1n) is 5.02. The van der Waals surface area contributed by atoms with Crippen LogP contribution in [0.15, 0.2) is 22.8 Å². The van der Waals surface area contributed by atoms with E-state index in [1.54, 1.807) is 12.3 Å². The summed E-state index contributed by atoms with van der Waals surface area (Å²) in [5.41, 5.74) is 5.76. The van der Waals surface area contributed by atoms with E-state index in [2.05, 4.69) is 6.92 Å². The lowest BCUT2D eigenvalue weighted by Crippen LogP contribution is -2.24. The van der Waals surface area contributed by atoms with Gasteiger partial charge in [0.1, 0.15) is 11.5 Å². The fourth-order valence-corrected chi connectivity index (χ4v) is 1.44. The predicted octanol–water partition coefficient (Wildman–Crippen LogP) is 1.91. The number of carbonyl (C=O) groups excluding carboxylic acids is 1. The van der Waals surface area contributed by atoms with E-state index in [9.17, 15) is 4.79 Å². The maximum absolute atomic E-state index is 11.5. The van der Waals surface area contributed by atoms with Gasteiger partial charge < -0.3 is 10.2 Å². The summed E-state index contributed by atoms with van der Waals surface area (Å²) in [7, 11) is 0. The molecule has 0 aliphatic carbocycles. The van der Waals surface area contributed by atoms with Crippen molar-refractivity contribution in [3.63, 3.8) is 0 Å². The lowest BCUT2D eigenvalue weighted by atomic mass is 10.0. The summed E-state index contributed by atoms with van der Waals surface area (Å²) in [6, 6.07) is 3.60. The Labute approximate surface area is 84.3 Å². The molecule has 3 heteroatoms. The second kappa shape index (κ2) is 5.60. The number of hydrogen-bond donors (Lipinski definition) is 1. The molecular formula is C11H17NO2. The number of rotatable bonds is 6. The zero-order valence-corrected chi connectivity index (χ0v) is 8.53. The van der Waals surface area contributed by atoms with Gasteiger partial charge in [-0.25, -0.2) is 0 Å². The monoisotopic (exact) mass is 195 g/mol. The summed E-state index contributed by atoms with van der Waals surface area (Å²) in [6.45, 7) is 2.07. The molecule has 1 aromatic heterocycles. The fourth-order valence-electron chi connectivity index (χ4n) is 1.44. The van der Waals surface area contributed by atoms with Gasteiger partial charge in [0.2, 0.25) is 0 Å². The van der Waals surface area contributed by atoms with Crippen molar-refractivity contribution in [3.8, 4) is 0 Å². The summed E-state index contributed by atoms with van der Waals surface area (Å²) in [5.74, 6) is 0.875. The summed E-state index contributed by atoms with van der Waals surface area (Å²) in [6.07, 6.45) is 4.33. The van der Waals surface area contributed by atoms with Gasteiger partial charge in [-0.2, -0.15) is 0 Å². The smallest absolute Gasteiger partial charge is 0.141 e. The number of carbonyl (C=O) groups is 1. The largest absolute Gasteiger partial charge is 0.469 e. The highest BCUT2D eigenvalue weighted by Crippen LogP contribution is 2.06. The molecule has 3 nitrogen and oxygen atoms in total. The van der Waals surface area contributed by atoms with E-state index in [1.807, 2.05) is 6.07 Å². The number of nitrogens with two attached hydrogens (primary N) is 1. The molecule has 0 aromatic carbocycles. The van der Waals surface area contributed by atoms with Crippen molar-refractivity contribution in [2.24, 2.45) is 5.73 Å². The Morgan fingerprint density at radius 3 is 3.00 bits per heavy atom. The van der Waals surface area contributed by atoms with Crippen molar-refractivity contribution >= 4 is 5.78 Å². The molecule has 14 heavy (non-hydrogen) atoms. The molecule has 0 amide bonds. The van der Waals surface area contributed by atoms with E-state index in [4.69, 9.17) is 10.2 Å². The normalized spacial score (nSPS) is 12.7. The number of hydrogen-bond acceptors (Lipinski definition) is 3. The molecule has 1 rings (SSSR count). The SMILES string of the molecule is CCCC(N)CC(=O)Cc1ccco1. The third kappa shape index (κ3) is 3.75. The van der Waals surface area contributed by atoms with E-state index in [-0.39, 0.29) is 11.8 Å². The molecule has 78 valence electrons. The second-order valence-corrected chi connectivity index (χ2v) is 3.55. The lowest BCUT2D eigenvalue weighted by Gasteiger charge is -2.07. The van der Waals surface area contributed by atoms with Gasteiger partial charge >= 0.3 is 0 Å². The van der Waals surface area contributed by atoms with Crippen LogP contribution in [0.1, 0.15) is 31.9 Å². The van der Waals surface area contributed by atoms with Crippen LogP contribution in [-0.2, 0) is 11.2 Å². The molecule has 0 radical (unpaired) electrons. The first kappa shape index (κ1) is 11.0. The van der Waals surface area contributed by atoms with Gasteiger partial charge in [-0.05, 0) is 18.6 Å². The molecule has 0 saturated heterocycles. The quantitative estimate of drug-likeness (QED) is 0.754. The maximum atomic E-state index is 11.5. The number of ketones is 1. The highest BCUT2D eigenvalue weighted by molar-refractivity contribution is 5.80. The maximum Gasteiger partial charge on any atom is 0.141 e. The zero-order chi connectivity index (χ0) is 10.4. The van der Waals surface area contributed by atoms with Crippen molar-refractivity contribution < 1.29 is 9.21 Å². The van der Waals surface area contributed by atoms with Gasteiger partial charge in [0.05, 0.1) is 12.7 Å². The summed E-state index contributed by atoms with van der Waals surface area (Å²) in [4.78, 5) is 11.5. The third-order valence-corrected chi connectivity index (χ3v) is 2.10. The average molecular weight is 195 g/mol. The summed E-state index contributed by atoms with van der Waals surface area (Å²) >= 11 is 0. The van der Waals surface area contributed by atoms with E-state index < -0.39 is 0 Å². The van der Waals surface area contributed by atoms with E-state index in [0.29, 0.717) is 12.8 Å². The van der Waals surface area contributed by atoms with Crippen LogP contribution in [0.25, 0.3) is 0 Å². The minimum absolute atomic E-state index is 0.00228. The third-order valence-electron chi connectivity index (χ3n) is 2.10. The van der Waals surface area contributed by atoms with Gasteiger partial charge in [-0.3, -0.25) is 4.79 Å². The Bertz CT molecular complexity index is 267. The van der Waals surface area contributed by atoms with Crippen LogP contribution in [0, 0.1) is 0 Å². The standard InChI is InChI=1S/C11H17NO2/c1-2-4-9(12)7-10(13)8-11-5-3-6-14-11/h3,5-6,9H,2,4,7-8,12H2,1H3. The first-order chi connectivity index (χ1) is 6.72. The topological polar surface area (TPSA) is 56.2 Å². The highest BCUT2D eigenvalue weighted by atomic mass is 16.3. The highest BCUT2D eigenvalue weighted by Gasteiger charge is 2.10. The molecular weight excluding hydrogens is 178 g/mol. The Hall–Kier alpha value is -1.09. The van der Waals surface area contributed by atoms with Gasteiger partial charge in [-0.15, -0.1) is 0 Å². The molecule has 0 spiro atoms. The molecule has 0 saturated carbocycles. The minimum atomic E-state index is 0.00228. The van der Waals surface area contributed by atoms with Crippen LogP contribution in [-0.4, -0.2) is 11.8 Å². The number of furan rings is 1. The summed E-state index contributed by atoms with van der Waals surface area (Å²) < 4.78 is 5.08. The van der Waals surface area contributed by atoms with Gasteiger partial charge in [0.15, 0.2) is 0 Å². The Morgan fingerprint density at radius 1 is 1.64 bits per heavy atom. The van der Waals surface area contributed by atoms with E-state index in [0.717, 1.165) is 18.6 Å². The Morgan fingerprint density at radius 2 is 2.43 bits per heavy atom. The van der Waals surface area contributed by atoms with Crippen molar-refractivity contribution in [2.45, 2.75) is 38.6 Å². The molecule has 1 unspecified atom stereocenters. The molecule has 2 N–H and O–H groups in total. The van der Waals surface area contributed by atoms with Gasteiger partial charge in [-0.1, -0.05) is 13.3 Å². The average Bonchev–Trinajstić information content (AvgIpc) is 2.56. The van der Waals surface area contributed by atoms with Crippen LogP contribution in [0.3, 0.4) is 0 Å². The van der Waals surface area contributed by atoms with E-state index >= 15 is 0 Å². The fraction of sp³-hybridized carbons (Fsp3) is 0.545. The Balaban J connectivity index is 2.29. The van der Waals surface area contributed by atoms with Crippen molar-refractivity contribution in [2.75, 3.05) is 0 Å². The Kier molecular flexibility index (Phi) is 4.40. The number of Topliss-reactive ketones (excluding diaryl/α,β-unsaturated/α-hetero) is 1. The van der Waals surface area contributed by atoms with Crippen LogP contribution >= 0.6 is 0 Å². The molecule has 0 aliphatic heterocycles. The van der Waals surface area contributed by atoms with Crippen molar-refractivity contribution in [3.05, 3.63) is 24.2 Å². The van der Waals surface area contributed by atoms with Crippen molar-refractivity contribution in [1.29, 1.82) is 0 Å². The molecule has 1 aromatic rings. The van der Waals surface area contributed by atoms with Crippen LogP contribution in [0.5, 0.6) is 0 Å². The second-order valence-electron chi connectivity index (χ2n) is 3.55.